The van der Waals surface area contributed by atoms with Crippen molar-refractivity contribution in [1.29, 1.82) is 0 Å². The average Bonchev–Trinajstić information content (AvgIpc) is 2.54. The van der Waals surface area contributed by atoms with E-state index in [1.807, 2.05) is 38.2 Å². The molecule has 1 aliphatic rings. The Hall–Kier alpha value is -2.14. The van der Waals surface area contributed by atoms with Crippen molar-refractivity contribution in [2.75, 3.05) is 25.6 Å². The van der Waals surface area contributed by atoms with Crippen molar-refractivity contribution >= 4 is 5.82 Å². The molecule has 0 saturated carbocycles. The number of benzene rings is 1. The molecule has 0 bridgehead atoms. The van der Waals surface area contributed by atoms with Crippen LogP contribution in [0, 0.1) is 0 Å². The Labute approximate surface area is 124 Å². The van der Waals surface area contributed by atoms with Crippen LogP contribution in [-0.2, 0) is 17.8 Å². The standard InChI is InChI=1S/C16H19N3O2/c1-3-21-14-7-5-4-6-11(14)16-18-13-8-9-20-10-12(13)15(17-2)19-16/h4-7H,3,8-10H2,1-2H3,(H,17,18,19). The second-order valence-electron chi connectivity index (χ2n) is 4.80. The van der Waals surface area contributed by atoms with E-state index >= 15 is 0 Å². The highest BCUT2D eigenvalue weighted by molar-refractivity contribution is 5.66. The number of fused-ring (bicyclic) bond motifs is 1. The average molecular weight is 285 g/mol. The summed E-state index contributed by atoms with van der Waals surface area (Å²) < 4.78 is 11.2. The third-order valence-corrected chi connectivity index (χ3v) is 3.49. The smallest absolute Gasteiger partial charge is 0.165 e. The lowest BCUT2D eigenvalue weighted by Crippen LogP contribution is -2.16. The number of rotatable bonds is 4. The van der Waals surface area contributed by atoms with Gasteiger partial charge in [-0.05, 0) is 19.1 Å². The first kappa shape index (κ1) is 13.8. The first-order valence-electron chi connectivity index (χ1n) is 7.21. The van der Waals surface area contributed by atoms with Crippen LogP contribution in [-0.4, -0.2) is 30.2 Å². The summed E-state index contributed by atoms with van der Waals surface area (Å²) in [5.74, 6) is 2.35. The molecule has 0 radical (unpaired) electrons. The van der Waals surface area contributed by atoms with Crippen LogP contribution in [0.5, 0.6) is 5.75 Å². The summed E-state index contributed by atoms with van der Waals surface area (Å²) in [5, 5.41) is 3.14. The van der Waals surface area contributed by atoms with Crippen molar-refractivity contribution in [3.63, 3.8) is 0 Å². The van der Waals surface area contributed by atoms with E-state index in [0.717, 1.165) is 34.8 Å². The van der Waals surface area contributed by atoms with Gasteiger partial charge in [0.1, 0.15) is 11.6 Å². The molecule has 1 aromatic heterocycles. The van der Waals surface area contributed by atoms with E-state index in [1.54, 1.807) is 0 Å². The minimum atomic E-state index is 0.568. The second kappa shape index (κ2) is 6.10. The lowest BCUT2D eigenvalue weighted by molar-refractivity contribution is 0.109. The minimum absolute atomic E-state index is 0.568. The molecule has 0 unspecified atom stereocenters. The normalized spacial score (nSPS) is 13.6. The van der Waals surface area contributed by atoms with Crippen molar-refractivity contribution in [1.82, 2.24) is 9.97 Å². The van der Waals surface area contributed by atoms with E-state index in [-0.39, 0.29) is 0 Å². The molecule has 0 aliphatic carbocycles. The van der Waals surface area contributed by atoms with E-state index in [2.05, 4.69) is 10.3 Å². The van der Waals surface area contributed by atoms with Gasteiger partial charge in [0.15, 0.2) is 5.82 Å². The van der Waals surface area contributed by atoms with Gasteiger partial charge in [0.05, 0.1) is 31.1 Å². The number of hydrogen-bond acceptors (Lipinski definition) is 5. The quantitative estimate of drug-likeness (QED) is 0.936. The number of aromatic nitrogens is 2. The Bertz CT molecular complexity index is 626. The van der Waals surface area contributed by atoms with Crippen molar-refractivity contribution < 1.29 is 9.47 Å². The number of anilines is 1. The van der Waals surface area contributed by atoms with Gasteiger partial charge < -0.3 is 14.8 Å². The third-order valence-electron chi connectivity index (χ3n) is 3.49. The van der Waals surface area contributed by atoms with Gasteiger partial charge in [-0.1, -0.05) is 12.1 Å². The Balaban J connectivity index is 2.10. The topological polar surface area (TPSA) is 56.3 Å². The molecule has 0 atom stereocenters. The molecule has 110 valence electrons. The van der Waals surface area contributed by atoms with Crippen LogP contribution in [0.15, 0.2) is 24.3 Å². The van der Waals surface area contributed by atoms with Crippen LogP contribution >= 0.6 is 0 Å². The molecule has 5 nitrogen and oxygen atoms in total. The van der Waals surface area contributed by atoms with Crippen LogP contribution in [0.1, 0.15) is 18.2 Å². The molecule has 0 amide bonds. The molecular formula is C16H19N3O2. The molecule has 3 rings (SSSR count). The molecule has 1 N–H and O–H groups in total. The fraction of sp³-hybridized carbons (Fsp3) is 0.375. The van der Waals surface area contributed by atoms with Gasteiger partial charge in [0.2, 0.25) is 0 Å². The fourth-order valence-corrected chi connectivity index (χ4v) is 2.49. The third kappa shape index (κ3) is 2.69. The van der Waals surface area contributed by atoms with E-state index in [9.17, 15) is 0 Å². The summed E-state index contributed by atoms with van der Waals surface area (Å²) in [6.45, 7) is 3.87. The van der Waals surface area contributed by atoms with Crippen molar-refractivity contribution in [2.45, 2.75) is 20.0 Å². The van der Waals surface area contributed by atoms with Crippen LogP contribution in [0.3, 0.4) is 0 Å². The molecule has 5 heteroatoms. The van der Waals surface area contributed by atoms with Gasteiger partial charge in [-0.2, -0.15) is 0 Å². The Kier molecular flexibility index (Phi) is 4.01. The lowest BCUT2D eigenvalue weighted by atomic mass is 10.1. The van der Waals surface area contributed by atoms with Gasteiger partial charge >= 0.3 is 0 Å². The van der Waals surface area contributed by atoms with E-state index in [0.29, 0.717) is 25.6 Å². The van der Waals surface area contributed by atoms with E-state index < -0.39 is 0 Å². The molecule has 2 aromatic rings. The minimum Gasteiger partial charge on any atom is -0.493 e. The molecule has 0 fully saturated rings. The summed E-state index contributed by atoms with van der Waals surface area (Å²) in [6.07, 6.45) is 0.816. The van der Waals surface area contributed by atoms with Crippen LogP contribution in [0.25, 0.3) is 11.4 Å². The number of nitrogens with one attached hydrogen (secondary N) is 1. The summed E-state index contributed by atoms with van der Waals surface area (Å²) >= 11 is 0. The largest absolute Gasteiger partial charge is 0.493 e. The maximum absolute atomic E-state index is 5.68. The lowest BCUT2D eigenvalue weighted by Gasteiger charge is -2.19. The van der Waals surface area contributed by atoms with Crippen LogP contribution < -0.4 is 10.1 Å². The van der Waals surface area contributed by atoms with E-state index in [4.69, 9.17) is 14.5 Å². The summed E-state index contributed by atoms with van der Waals surface area (Å²) in [7, 11) is 1.87. The predicted molar refractivity (Wildman–Crippen MR) is 81.5 cm³/mol. The van der Waals surface area contributed by atoms with Gasteiger partial charge in [-0.25, -0.2) is 9.97 Å². The SMILES string of the molecule is CCOc1ccccc1-c1nc2c(c(NC)n1)COCC2. The Morgan fingerprint density at radius 1 is 1.29 bits per heavy atom. The van der Waals surface area contributed by atoms with E-state index in [1.165, 1.54) is 0 Å². The van der Waals surface area contributed by atoms with Crippen LogP contribution in [0.2, 0.25) is 0 Å². The predicted octanol–water partition coefficient (Wildman–Crippen LogP) is 2.66. The summed E-state index contributed by atoms with van der Waals surface area (Å²) in [5.41, 5.74) is 3.04. The first-order chi connectivity index (χ1) is 10.3. The maximum atomic E-state index is 5.68. The Morgan fingerprint density at radius 3 is 2.95 bits per heavy atom. The second-order valence-corrected chi connectivity index (χ2v) is 4.80. The van der Waals surface area contributed by atoms with Crippen molar-refractivity contribution in [3.8, 4) is 17.1 Å². The highest BCUT2D eigenvalue weighted by Gasteiger charge is 2.19. The molecule has 2 heterocycles. The fourth-order valence-electron chi connectivity index (χ4n) is 2.49. The first-order valence-corrected chi connectivity index (χ1v) is 7.21. The van der Waals surface area contributed by atoms with Gasteiger partial charge in [0.25, 0.3) is 0 Å². The van der Waals surface area contributed by atoms with Gasteiger partial charge in [-0.3, -0.25) is 0 Å². The van der Waals surface area contributed by atoms with Crippen molar-refractivity contribution in [2.24, 2.45) is 0 Å². The number of ether oxygens (including phenoxy) is 2. The molecule has 21 heavy (non-hydrogen) atoms. The number of hydrogen-bond donors (Lipinski definition) is 1. The highest BCUT2D eigenvalue weighted by Crippen LogP contribution is 2.31. The summed E-state index contributed by atoms with van der Waals surface area (Å²) in [4.78, 5) is 9.36. The molecule has 0 saturated heterocycles. The summed E-state index contributed by atoms with van der Waals surface area (Å²) in [6, 6.07) is 7.87. The Morgan fingerprint density at radius 2 is 2.14 bits per heavy atom. The highest BCUT2D eigenvalue weighted by atomic mass is 16.5. The van der Waals surface area contributed by atoms with Crippen molar-refractivity contribution in [3.05, 3.63) is 35.5 Å². The van der Waals surface area contributed by atoms with Crippen LogP contribution in [0.4, 0.5) is 5.82 Å². The zero-order valence-corrected chi connectivity index (χ0v) is 12.3. The molecule has 1 aromatic carbocycles. The number of para-hydroxylation sites is 1. The van der Waals surface area contributed by atoms with Gasteiger partial charge in [-0.15, -0.1) is 0 Å². The zero-order chi connectivity index (χ0) is 14.7. The monoisotopic (exact) mass is 285 g/mol. The van der Waals surface area contributed by atoms with Gasteiger partial charge in [0, 0.05) is 19.0 Å². The molecular weight excluding hydrogens is 266 g/mol. The maximum Gasteiger partial charge on any atom is 0.165 e. The molecule has 0 spiro atoms. The molecule has 1 aliphatic heterocycles. The zero-order valence-electron chi connectivity index (χ0n) is 12.3. The number of nitrogens with zero attached hydrogens (tertiary/aromatic N) is 2.